The van der Waals surface area contributed by atoms with Crippen LogP contribution < -0.4 is 35.6 Å². The minimum Gasteiger partial charge on any atom is -0.493 e. The number of amides is 2. The van der Waals surface area contributed by atoms with Gasteiger partial charge >= 0.3 is 6.09 Å². The maximum Gasteiger partial charge on any atom is 0.415 e. The average molecular weight is 644 g/mol. The number of fused-ring (bicyclic) bond motifs is 6. The summed E-state index contributed by atoms with van der Waals surface area (Å²) in [6, 6.07) is 6.65. The third-order valence-electron chi connectivity index (χ3n) is 7.15. The molecule has 2 aromatic carbocycles. The summed E-state index contributed by atoms with van der Waals surface area (Å²) in [6.07, 6.45) is 2.14. The Morgan fingerprint density at radius 2 is 1.82 bits per heavy atom. The number of methoxy groups -OCH3 is 1. The second kappa shape index (κ2) is 13.1. The number of carbonyl (C=O) groups excluding carboxylic acids is 2. The monoisotopic (exact) mass is 643 g/mol. The first kappa shape index (κ1) is 31.7. The third-order valence-corrected chi connectivity index (χ3v) is 7.74. The zero-order valence-electron chi connectivity index (χ0n) is 25.0. The van der Waals surface area contributed by atoms with E-state index in [1.165, 1.54) is 25.1 Å². The molecule has 2 aromatic heterocycles. The Balaban J connectivity index is 1.38. The van der Waals surface area contributed by atoms with Gasteiger partial charge in [-0.2, -0.15) is 8.42 Å². The normalized spacial score (nSPS) is 12.5. The predicted octanol–water partition coefficient (Wildman–Crippen LogP) is 1.70. The molecule has 0 saturated carbocycles. The SMILES string of the molecule is COc1cc2c(cc1OC(=O)N(C)CCNC(=O)CCCOS(C)(=O)=O)c(=O)n(CCN)c1c3cc4c(cc3ncc21)OCO4. The van der Waals surface area contributed by atoms with Gasteiger partial charge in [0.2, 0.25) is 12.7 Å². The van der Waals surface area contributed by atoms with E-state index < -0.39 is 16.2 Å². The molecule has 1 aliphatic heterocycles. The first-order valence-electron chi connectivity index (χ1n) is 14.0. The summed E-state index contributed by atoms with van der Waals surface area (Å²) in [5.41, 5.74) is 6.81. The first-order valence-corrected chi connectivity index (χ1v) is 15.8. The fraction of sp³-hybridized carbons (Fsp3) is 0.379. The van der Waals surface area contributed by atoms with E-state index in [4.69, 9.17) is 24.7 Å². The van der Waals surface area contributed by atoms with Gasteiger partial charge in [-0.05, 0) is 24.6 Å². The number of carbonyl (C=O) groups is 2. The molecule has 0 atom stereocenters. The Labute approximate surface area is 257 Å². The van der Waals surface area contributed by atoms with Gasteiger partial charge in [0.25, 0.3) is 15.7 Å². The summed E-state index contributed by atoms with van der Waals surface area (Å²) in [5, 5.41) is 4.83. The van der Waals surface area contributed by atoms with Crippen molar-refractivity contribution in [2.24, 2.45) is 5.73 Å². The largest absolute Gasteiger partial charge is 0.493 e. The van der Waals surface area contributed by atoms with E-state index in [9.17, 15) is 22.8 Å². The standard InChI is InChI=1S/C29H33N5O10S/c1-33(9-7-31-26(35)5-4-10-43-45(3,38)39)29(37)44-25-12-18-17(11-22(25)40-2)20-15-32-21-14-24-23(41-16-42-24)13-19(21)27(20)34(8-6-30)28(18)36/h11-15H,4-10,16,30H2,1-3H3,(H,31,35). The fourth-order valence-corrected chi connectivity index (χ4v) is 5.42. The highest BCUT2D eigenvalue weighted by Crippen LogP contribution is 2.40. The molecule has 0 radical (unpaired) electrons. The molecule has 0 unspecified atom stereocenters. The van der Waals surface area contributed by atoms with Crippen LogP contribution in [0.4, 0.5) is 4.79 Å². The molecule has 1 aliphatic rings. The molecule has 15 nitrogen and oxygen atoms in total. The van der Waals surface area contributed by atoms with Crippen LogP contribution in [0.1, 0.15) is 12.8 Å². The topological polar surface area (TPSA) is 191 Å². The van der Waals surface area contributed by atoms with Crippen LogP contribution in [0.2, 0.25) is 0 Å². The maximum absolute atomic E-state index is 13.9. The molecule has 45 heavy (non-hydrogen) atoms. The lowest BCUT2D eigenvalue weighted by Crippen LogP contribution is -2.37. The number of nitrogens with zero attached hydrogens (tertiary/aromatic N) is 3. The Hall–Kier alpha value is -4.67. The molecule has 0 fully saturated rings. The number of likely N-dealkylation sites (N-methyl/N-ethyl adjacent to an activating group) is 1. The highest BCUT2D eigenvalue weighted by atomic mass is 32.2. The molecular formula is C29H33N5O10S. The zero-order chi connectivity index (χ0) is 32.3. The number of hydrogen-bond donors (Lipinski definition) is 2. The highest BCUT2D eigenvalue weighted by Gasteiger charge is 2.22. The molecule has 3 N–H and O–H groups in total. The first-order chi connectivity index (χ1) is 21.5. The summed E-state index contributed by atoms with van der Waals surface area (Å²) >= 11 is 0. The molecule has 0 spiro atoms. The van der Waals surface area contributed by atoms with Gasteiger partial charge in [0.05, 0.1) is 36.4 Å². The van der Waals surface area contributed by atoms with Gasteiger partial charge in [-0.15, -0.1) is 0 Å². The van der Waals surface area contributed by atoms with Gasteiger partial charge in [-0.1, -0.05) is 0 Å². The summed E-state index contributed by atoms with van der Waals surface area (Å²) in [7, 11) is -0.650. The Morgan fingerprint density at radius 1 is 1.09 bits per heavy atom. The van der Waals surface area contributed by atoms with Crippen molar-refractivity contribution >= 4 is 54.7 Å². The van der Waals surface area contributed by atoms with E-state index >= 15 is 0 Å². The maximum atomic E-state index is 13.9. The van der Waals surface area contributed by atoms with Crippen LogP contribution in [0.25, 0.3) is 32.6 Å². The van der Waals surface area contributed by atoms with E-state index in [0.717, 1.165) is 6.26 Å². The number of nitrogens with one attached hydrogen (secondary N) is 1. The summed E-state index contributed by atoms with van der Waals surface area (Å²) in [5.74, 6) is 1.05. The quantitative estimate of drug-likeness (QED) is 0.129. The van der Waals surface area contributed by atoms with Gasteiger partial charge in [0.15, 0.2) is 23.0 Å². The Kier molecular flexibility index (Phi) is 9.27. The lowest BCUT2D eigenvalue weighted by Gasteiger charge is -2.19. The van der Waals surface area contributed by atoms with Crippen molar-refractivity contribution in [3.8, 4) is 23.0 Å². The molecule has 2 amide bonds. The highest BCUT2D eigenvalue weighted by molar-refractivity contribution is 7.85. The number of ether oxygens (including phenoxy) is 4. The molecule has 0 saturated heterocycles. The molecule has 240 valence electrons. The summed E-state index contributed by atoms with van der Waals surface area (Å²) in [6.45, 7) is 0.657. The lowest BCUT2D eigenvalue weighted by molar-refractivity contribution is -0.121. The summed E-state index contributed by atoms with van der Waals surface area (Å²) in [4.78, 5) is 44.7. The number of benzene rings is 2. The smallest absolute Gasteiger partial charge is 0.415 e. The van der Waals surface area contributed by atoms with Gasteiger partial charge < -0.3 is 39.5 Å². The predicted molar refractivity (Wildman–Crippen MR) is 164 cm³/mol. The van der Waals surface area contributed by atoms with Crippen LogP contribution in [0.15, 0.2) is 35.3 Å². The number of pyridine rings is 2. The molecule has 4 aromatic rings. The van der Waals surface area contributed by atoms with E-state index in [1.807, 2.05) is 0 Å². The van der Waals surface area contributed by atoms with Crippen LogP contribution in [0.5, 0.6) is 23.0 Å². The van der Waals surface area contributed by atoms with Gasteiger partial charge in [-0.25, -0.2) is 4.79 Å². The van der Waals surface area contributed by atoms with Crippen LogP contribution in [-0.2, 0) is 25.6 Å². The minimum atomic E-state index is -3.56. The van der Waals surface area contributed by atoms with Crippen molar-refractivity contribution in [3.05, 3.63) is 40.8 Å². The van der Waals surface area contributed by atoms with Gasteiger partial charge in [0.1, 0.15) is 0 Å². The van der Waals surface area contributed by atoms with Crippen LogP contribution in [-0.4, -0.2) is 88.3 Å². The van der Waals surface area contributed by atoms with Crippen LogP contribution in [0, 0.1) is 0 Å². The molecule has 5 rings (SSSR count). The van der Waals surface area contributed by atoms with Crippen molar-refractivity contribution in [1.29, 1.82) is 0 Å². The van der Waals surface area contributed by atoms with E-state index in [2.05, 4.69) is 14.5 Å². The number of hydrogen-bond acceptors (Lipinski definition) is 12. The van der Waals surface area contributed by atoms with Gasteiger partial charge in [0, 0.05) is 68.1 Å². The van der Waals surface area contributed by atoms with Gasteiger partial charge in [-0.3, -0.25) is 18.8 Å². The van der Waals surface area contributed by atoms with E-state index in [0.29, 0.717) is 38.7 Å². The molecule has 0 aliphatic carbocycles. The van der Waals surface area contributed by atoms with Crippen molar-refractivity contribution in [2.75, 3.05) is 53.4 Å². The fourth-order valence-electron chi connectivity index (χ4n) is 5.00. The molecular weight excluding hydrogens is 610 g/mol. The third kappa shape index (κ3) is 6.87. The minimum absolute atomic E-state index is 0.0321. The van der Waals surface area contributed by atoms with E-state index in [-0.39, 0.29) is 80.8 Å². The second-order valence-corrected chi connectivity index (χ2v) is 12.0. The van der Waals surface area contributed by atoms with E-state index in [1.54, 1.807) is 29.0 Å². The number of rotatable bonds is 12. The number of aromatic nitrogens is 2. The summed E-state index contributed by atoms with van der Waals surface area (Å²) < 4.78 is 50.4. The number of nitrogens with two attached hydrogens (primary N) is 1. The van der Waals surface area contributed by atoms with Crippen LogP contribution in [0.3, 0.4) is 0 Å². The molecule has 0 bridgehead atoms. The Bertz CT molecular complexity index is 1960. The van der Waals surface area contributed by atoms with Crippen molar-refractivity contribution in [1.82, 2.24) is 19.8 Å². The lowest BCUT2D eigenvalue weighted by atomic mass is 10.0. The van der Waals surface area contributed by atoms with Crippen LogP contribution >= 0.6 is 0 Å². The Morgan fingerprint density at radius 3 is 2.53 bits per heavy atom. The molecule has 16 heteroatoms. The van der Waals surface area contributed by atoms with Crippen molar-refractivity contribution < 1.29 is 41.1 Å². The van der Waals surface area contributed by atoms with Crippen molar-refractivity contribution in [2.45, 2.75) is 19.4 Å². The average Bonchev–Trinajstić information content (AvgIpc) is 3.46. The zero-order valence-corrected chi connectivity index (χ0v) is 25.8. The van der Waals surface area contributed by atoms with Crippen molar-refractivity contribution in [3.63, 3.8) is 0 Å². The second-order valence-electron chi connectivity index (χ2n) is 10.3. The molecule has 3 heterocycles.